The lowest BCUT2D eigenvalue weighted by Gasteiger charge is -2.27. The number of rotatable bonds is 7. The second-order valence-electron chi connectivity index (χ2n) is 6.56. The number of hydrogen-bond acceptors (Lipinski definition) is 4. The molecule has 1 aromatic carbocycles. The summed E-state index contributed by atoms with van der Waals surface area (Å²) in [6, 6.07) is 8.31. The van der Waals surface area contributed by atoms with E-state index in [1.165, 1.54) is 11.1 Å². The van der Waals surface area contributed by atoms with Crippen LogP contribution in [0.2, 0.25) is 0 Å². The summed E-state index contributed by atoms with van der Waals surface area (Å²) in [5, 5.41) is 7.76. The van der Waals surface area contributed by atoms with Crippen molar-refractivity contribution in [1.82, 2.24) is 24.9 Å². The second-order valence-corrected chi connectivity index (χ2v) is 6.56. The molecule has 0 aliphatic rings. The predicted molar refractivity (Wildman–Crippen MR) is 121 cm³/mol. The first-order valence-electron chi connectivity index (χ1n) is 8.64. The first kappa shape index (κ1) is 23.2. The fourth-order valence-corrected chi connectivity index (χ4v) is 2.86. The molecule has 0 spiro atoms. The number of hydrogen-bond donors (Lipinski definition) is 1. The second kappa shape index (κ2) is 11.1. The summed E-state index contributed by atoms with van der Waals surface area (Å²) in [6.45, 7) is 1.52. The summed E-state index contributed by atoms with van der Waals surface area (Å²) in [7, 11) is 11.6. The van der Waals surface area contributed by atoms with Crippen LogP contribution in [0.15, 0.2) is 41.7 Å². The molecule has 1 aromatic heterocycles. The number of aromatic nitrogens is 2. The highest BCUT2D eigenvalue weighted by Crippen LogP contribution is 2.16. The zero-order chi connectivity index (χ0) is 19.1. The smallest absolute Gasteiger partial charge is 0.193 e. The average Bonchev–Trinajstić information content (AvgIpc) is 3.05. The van der Waals surface area contributed by atoms with E-state index in [1.54, 1.807) is 7.11 Å². The number of methoxy groups -OCH3 is 1. The van der Waals surface area contributed by atoms with Crippen LogP contribution in [0.4, 0.5) is 0 Å². The van der Waals surface area contributed by atoms with Crippen molar-refractivity contribution in [2.75, 3.05) is 41.8 Å². The van der Waals surface area contributed by atoms with Crippen LogP contribution in [0.1, 0.15) is 17.2 Å². The van der Waals surface area contributed by atoms with Crippen molar-refractivity contribution < 1.29 is 4.74 Å². The van der Waals surface area contributed by atoms with Gasteiger partial charge in [0, 0.05) is 46.0 Å². The molecule has 0 amide bonds. The van der Waals surface area contributed by atoms with E-state index in [-0.39, 0.29) is 30.0 Å². The quantitative estimate of drug-likeness (QED) is 0.370. The number of guanidine groups is 1. The fourth-order valence-electron chi connectivity index (χ4n) is 2.86. The molecule has 2 aromatic rings. The van der Waals surface area contributed by atoms with Crippen molar-refractivity contribution in [2.24, 2.45) is 12.0 Å². The largest absolute Gasteiger partial charge is 0.497 e. The summed E-state index contributed by atoms with van der Waals surface area (Å²) in [5.41, 5.74) is 2.38. The third-order valence-electron chi connectivity index (χ3n) is 4.34. The van der Waals surface area contributed by atoms with E-state index in [9.17, 15) is 0 Å². The Bertz CT molecular complexity index is 713. The number of likely N-dealkylation sites (N-methyl/N-ethyl adjacent to an activating group) is 1. The monoisotopic (exact) mass is 486 g/mol. The third-order valence-corrected chi connectivity index (χ3v) is 4.34. The summed E-state index contributed by atoms with van der Waals surface area (Å²) < 4.78 is 7.04. The van der Waals surface area contributed by atoms with Gasteiger partial charge in [-0.3, -0.25) is 9.67 Å². The van der Waals surface area contributed by atoms with Gasteiger partial charge in [-0.25, -0.2) is 0 Å². The molecule has 2 rings (SSSR count). The molecule has 27 heavy (non-hydrogen) atoms. The number of aryl methyl sites for hydroxylation is 1. The van der Waals surface area contributed by atoms with Crippen LogP contribution in [0.25, 0.3) is 0 Å². The van der Waals surface area contributed by atoms with Crippen LogP contribution in [-0.4, -0.2) is 67.4 Å². The summed E-state index contributed by atoms with van der Waals surface area (Å²) in [5.74, 6) is 1.72. The number of halogens is 1. The van der Waals surface area contributed by atoms with Gasteiger partial charge in [-0.2, -0.15) is 5.10 Å². The highest BCUT2D eigenvalue weighted by molar-refractivity contribution is 14.0. The maximum Gasteiger partial charge on any atom is 0.193 e. The zero-order valence-electron chi connectivity index (χ0n) is 17.0. The lowest BCUT2D eigenvalue weighted by molar-refractivity contribution is 0.295. The van der Waals surface area contributed by atoms with Crippen molar-refractivity contribution in [1.29, 1.82) is 0 Å². The molecule has 0 aliphatic carbocycles. The molecule has 1 heterocycles. The van der Waals surface area contributed by atoms with Crippen LogP contribution in [0.3, 0.4) is 0 Å². The van der Waals surface area contributed by atoms with E-state index >= 15 is 0 Å². The molecule has 1 unspecified atom stereocenters. The van der Waals surface area contributed by atoms with Crippen molar-refractivity contribution in [3.63, 3.8) is 0 Å². The van der Waals surface area contributed by atoms with Crippen LogP contribution >= 0.6 is 24.0 Å². The molecular formula is C19H31IN6O. The lowest BCUT2D eigenvalue weighted by atomic mass is 10.1. The fraction of sp³-hybridized carbons (Fsp3) is 0.474. The number of aliphatic imine (C=N–C) groups is 1. The number of nitrogens with one attached hydrogen (secondary N) is 1. The van der Waals surface area contributed by atoms with Crippen molar-refractivity contribution in [2.45, 2.75) is 12.6 Å². The molecule has 0 fully saturated rings. The van der Waals surface area contributed by atoms with E-state index in [1.807, 2.05) is 44.2 Å². The summed E-state index contributed by atoms with van der Waals surface area (Å²) >= 11 is 0. The molecule has 0 bridgehead atoms. The topological polar surface area (TPSA) is 57.9 Å². The standard InChI is InChI=1S/C19H30N6O.HI/c1-20-19(24(4)13-15-7-9-17(26-6)10-8-15)21-12-18(23(2)3)16-11-22-25(5)14-16;/h7-11,14,18H,12-13H2,1-6H3,(H,20,21);1H. The zero-order valence-corrected chi connectivity index (χ0v) is 19.3. The van der Waals surface area contributed by atoms with Gasteiger partial charge in [0.25, 0.3) is 0 Å². The van der Waals surface area contributed by atoms with Crippen molar-refractivity contribution >= 4 is 29.9 Å². The maximum atomic E-state index is 5.21. The van der Waals surface area contributed by atoms with Gasteiger partial charge in [-0.05, 0) is 31.8 Å². The molecule has 7 nitrogen and oxygen atoms in total. The van der Waals surface area contributed by atoms with Gasteiger partial charge in [-0.1, -0.05) is 12.1 Å². The van der Waals surface area contributed by atoms with E-state index in [0.29, 0.717) is 0 Å². The van der Waals surface area contributed by atoms with E-state index in [2.05, 4.69) is 57.6 Å². The molecule has 8 heteroatoms. The highest BCUT2D eigenvalue weighted by atomic mass is 127. The molecule has 0 saturated carbocycles. The lowest BCUT2D eigenvalue weighted by Crippen LogP contribution is -2.42. The SMILES string of the molecule is CN=C(NCC(c1cnn(C)c1)N(C)C)N(C)Cc1ccc(OC)cc1.I. The molecule has 1 N–H and O–H groups in total. The summed E-state index contributed by atoms with van der Waals surface area (Å²) in [6.07, 6.45) is 3.96. The Morgan fingerprint density at radius 1 is 1.26 bits per heavy atom. The summed E-state index contributed by atoms with van der Waals surface area (Å²) in [4.78, 5) is 8.71. The van der Waals surface area contributed by atoms with Gasteiger partial charge in [-0.15, -0.1) is 24.0 Å². The van der Waals surface area contributed by atoms with Crippen LogP contribution < -0.4 is 10.1 Å². The van der Waals surface area contributed by atoms with Gasteiger partial charge in [0.1, 0.15) is 5.75 Å². The van der Waals surface area contributed by atoms with Gasteiger partial charge >= 0.3 is 0 Å². The number of nitrogens with zero attached hydrogens (tertiary/aromatic N) is 5. The molecule has 0 radical (unpaired) electrons. The normalized spacial score (nSPS) is 12.5. The van der Waals surface area contributed by atoms with E-state index in [4.69, 9.17) is 4.74 Å². The Hall–Kier alpha value is -1.81. The van der Waals surface area contributed by atoms with E-state index < -0.39 is 0 Å². The minimum Gasteiger partial charge on any atom is -0.497 e. The van der Waals surface area contributed by atoms with Gasteiger partial charge in [0.15, 0.2) is 5.96 Å². The molecule has 0 saturated heterocycles. The van der Waals surface area contributed by atoms with Crippen LogP contribution in [0.5, 0.6) is 5.75 Å². The predicted octanol–water partition coefficient (Wildman–Crippen LogP) is 2.36. The van der Waals surface area contributed by atoms with Crippen LogP contribution in [-0.2, 0) is 13.6 Å². The minimum absolute atomic E-state index is 0. The molecule has 150 valence electrons. The number of ether oxygens (including phenoxy) is 1. The van der Waals surface area contributed by atoms with Gasteiger partial charge in [0.2, 0.25) is 0 Å². The minimum atomic E-state index is 0. The van der Waals surface area contributed by atoms with Crippen molar-refractivity contribution in [3.05, 3.63) is 47.8 Å². The van der Waals surface area contributed by atoms with Crippen molar-refractivity contribution in [3.8, 4) is 5.75 Å². The molecule has 0 aliphatic heterocycles. The Labute approximate surface area is 179 Å². The first-order chi connectivity index (χ1) is 12.4. The van der Waals surface area contributed by atoms with Gasteiger partial charge < -0.3 is 19.9 Å². The molecule has 1 atom stereocenters. The first-order valence-corrected chi connectivity index (χ1v) is 8.64. The Morgan fingerprint density at radius 2 is 1.93 bits per heavy atom. The van der Waals surface area contributed by atoms with E-state index in [0.717, 1.165) is 24.8 Å². The Kier molecular flexibility index (Phi) is 9.57. The number of benzene rings is 1. The highest BCUT2D eigenvalue weighted by Gasteiger charge is 2.17. The molecular weight excluding hydrogens is 455 g/mol. The Morgan fingerprint density at radius 3 is 2.41 bits per heavy atom. The maximum absolute atomic E-state index is 5.21. The van der Waals surface area contributed by atoms with Crippen LogP contribution in [0, 0.1) is 0 Å². The van der Waals surface area contributed by atoms with Gasteiger partial charge in [0.05, 0.1) is 19.3 Å². The average molecular weight is 486 g/mol. The third kappa shape index (κ3) is 6.69. The Balaban J connectivity index is 0.00000364.